The molecule has 2 rings (SSSR count). The van der Waals surface area contributed by atoms with Crippen LogP contribution in [0.5, 0.6) is 0 Å². The van der Waals surface area contributed by atoms with Gasteiger partial charge in [-0.15, -0.1) is 11.3 Å². The Hall–Kier alpha value is -1.19. The van der Waals surface area contributed by atoms with Gasteiger partial charge in [0.2, 0.25) is 0 Å². The average Bonchev–Trinajstić information content (AvgIpc) is 2.80. The van der Waals surface area contributed by atoms with E-state index in [0.29, 0.717) is 5.92 Å². The lowest BCUT2D eigenvalue weighted by Gasteiger charge is -2.13. The third kappa shape index (κ3) is 2.62. The summed E-state index contributed by atoms with van der Waals surface area (Å²) in [5, 5.41) is 0. The molecular weight excluding hydrogens is 245 g/mol. The zero-order valence-electron chi connectivity index (χ0n) is 10.9. The van der Waals surface area contributed by atoms with Gasteiger partial charge >= 0.3 is 0 Å². The fourth-order valence-electron chi connectivity index (χ4n) is 1.86. The number of aryl methyl sites for hydroxylation is 1. The lowest BCUT2D eigenvalue weighted by atomic mass is 10.0. The molecule has 0 aliphatic carbocycles. The minimum absolute atomic E-state index is 0.0533. The van der Waals surface area contributed by atoms with Gasteiger partial charge in [0.25, 0.3) is 0 Å². The van der Waals surface area contributed by atoms with Crippen molar-refractivity contribution in [2.75, 3.05) is 0 Å². The second kappa shape index (κ2) is 5.21. The largest absolute Gasteiger partial charge is 0.323 e. The van der Waals surface area contributed by atoms with Crippen LogP contribution in [-0.4, -0.2) is 0 Å². The molecule has 0 spiro atoms. The highest BCUT2D eigenvalue weighted by Gasteiger charge is 2.14. The van der Waals surface area contributed by atoms with E-state index in [0.717, 1.165) is 20.9 Å². The lowest BCUT2D eigenvalue weighted by molar-refractivity contribution is 0.521. The van der Waals surface area contributed by atoms with Crippen molar-refractivity contribution in [2.24, 2.45) is 11.7 Å². The molecule has 0 amide bonds. The van der Waals surface area contributed by atoms with Crippen LogP contribution in [0.4, 0.5) is 4.39 Å². The third-order valence-electron chi connectivity index (χ3n) is 3.14. The monoisotopic (exact) mass is 263 g/mol. The Morgan fingerprint density at radius 3 is 2.56 bits per heavy atom. The molecule has 1 aromatic carbocycles. The van der Waals surface area contributed by atoms with Crippen LogP contribution in [0.3, 0.4) is 0 Å². The van der Waals surface area contributed by atoms with Gasteiger partial charge in [-0.1, -0.05) is 19.9 Å². The van der Waals surface area contributed by atoms with Gasteiger partial charge in [0.15, 0.2) is 0 Å². The molecule has 0 bridgehead atoms. The number of rotatable bonds is 3. The van der Waals surface area contributed by atoms with Crippen molar-refractivity contribution in [3.8, 4) is 10.4 Å². The Kier molecular flexibility index (Phi) is 3.83. The van der Waals surface area contributed by atoms with Crippen molar-refractivity contribution < 1.29 is 4.39 Å². The summed E-state index contributed by atoms with van der Waals surface area (Å²) in [5.74, 6) is 0.212. The van der Waals surface area contributed by atoms with E-state index in [9.17, 15) is 4.39 Å². The Balaban J connectivity index is 2.38. The summed E-state index contributed by atoms with van der Waals surface area (Å²) < 4.78 is 13.3. The van der Waals surface area contributed by atoms with Gasteiger partial charge in [0.1, 0.15) is 5.82 Å². The lowest BCUT2D eigenvalue weighted by Crippen LogP contribution is -2.14. The first-order valence-electron chi connectivity index (χ1n) is 6.11. The number of hydrogen-bond donors (Lipinski definition) is 1. The first-order valence-corrected chi connectivity index (χ1v) is 6.92. The van der Waals surface area contributed by atoms with Crippen LogP contribution in [0.1, 0.15) is 30.3 Å². The molecule has 1 aromatic heterocycles. The van der Waals surface area contributed by atoms with E-state index in [1.807, 2.05) is 19.1 Å². The molecule has 1 atom stereocenters. The summed E-state index contributed by atoms with van der Waals surface area (Å²) in [6.07, 6.45) is 0. The maximum absolute atomic E-state index is 13.3. The Morgan fingerprint density at radius 1 is 1.17 bits per heavy atom. The van der Waals surface area contributed by atoms with Gasteiger partial charge in [0, 0.05) is 15.8 Å². The van der Waals surface area contributed by atoms with Gasteiger partial charge in [-0.2, -0.15) is 0 Å². The highest BCUT2D eigenvalue weighted by molar-refractivity contribution is 7.15. The van der Waals surface area contributed by atoms with Crippen molar-refractivity contribution in [3.63, 3.8) is 0 Å². The summed E-state index contributed by atoms with van der Waals surface area (Å²) in [6, 6.07) is 9.03. The third-order valence-corrected chi connectivity index (χ3v) is 4.36. The van der Waals surface area contributed by atoms with E-state index in [1.54, 1.807) is 17.4 Å². The SMILES string of the molecule is Cc1ccc(F)cc1-c1ccc(C(N)C(C)C)s1. The molecule has 0 saturated carbocycles. The summed E-state index contributed by atoms with van der Waals surface area (Å²) in [5.41, 5.74) is 8.18. The van der Waals surface area contributed by atoms with Crippen molar-refractivity contribution in [2.45, 2.75) is 26.8 Å². The maximum Gasteiger partial charge on any atom is 0.123 e. The molecule has 1 unspecified atom stereocenters. The highest BCUT2D eigenvalue weighted by Crippen LogP contribution is 2.34. The molecule has 0 radical (unpaired) electrons. The Morgan fingerprint density at radius 2 is 1.89 bits per heavy atom. The molecule has 3 heteroatoms. The Labute approximate surface area is 111 Å². The second-order valence-electron chi connectivity index (χ2n) is 4.93. The van der Waals surface area contributed by atoms with Crippen LogP contribution in [0.15, 0.2) is 30.3 Å². The molecule has 0 aliphatic heterocycles. The minimum Gasteiger partial charge on any atom is -0.323 e. The fourth-order valence-corrected chi connectivity index (χ4v) is 3.13. The van der Waals surface area contributed by atoms with E-state index < -0.39 is 0 Å². The van der Waals surface area contributed by atoms with E-state index in [1.165, 1.54) is 6.07 Å². The van der Waals surface area contributed by atoms with Crippen molar-refractivity contribution in [1.29, 1.82) is 0 Å². The Bertz CT molecular complexity index is 545. The average molecular weight is 263 g/mol. The van der Waals surface area contributed by atoms with Crippen LogP contribution >= 0.6 is 11.3 Å². The molecule has 0 aliphatic rings. The zero-order valence-corrected chi connectivity index (χ0v) is 11.7. The first kappa shape index (κ1) is 13.2. The summed E-state index contributed by atoms with van der Waals surface area (Å²) in [7, 11) is 0. The summed E-state index contributed by atoms with van der Waals surface area (Å²) >= 11 is 1.65. The molecular formula is C15H18FNS. The smallest absolute Gasteiger partial charge is 0.123 e. The molecule has 1 nitrogen and oxygen atoms in total. The zero-order chi connectivity index (χ0) is 13.3. The van der Waals surface area contributed by atoms with Crippen molar-refractivity contribution in [1.82, 2.24) is 0 Å². The quantitative estimate of drug-likeness (QED) is 0.865. The van der Waals surface area contributed by atoms with Gasteiger partial charge < -0.3 is 5.73 Å². The standard InChI is InChI=1S/C15H18FNS/c1-9(2)15(17)14-7-6-13(18-14)12-8-11(16)5-4-10(12)3/h4-9,15H,17H2,1-3H3. The number of thiophene rings is 1. The van der Waals surface area contributed by atoms with E-state index in [4.69, 9.17) is 5.73 Å². The van der Waals surface area contributed by atoms with E-state index in [2.05, 4.69) is 19.9 Å². The van der Waals surface area contributed by atoms with Gasteiger partial charge in [-0.25, -0.2) is 4.39 Å². The molecule has 2 N–H and O–H groups in total. The van der Waals surface area contributed by atoms with Crippen LogP contribution in [0, 0.1) is 18.7 Å². The van der Waals surface area contributed by atoms with Crippen molar-refractivity contribution in [3.05, 3.63) is 46.6 Å². The number of halogens is 1. The van der Waals surface area contributed by atoms with Crippen LogP contribution in [0.2, 0.25) is 0 Å². The van der Waals surface area contributed by atoms with Crippen LogP contribution < -0.4 is 5.73 Å². The summed E-state index contributed by atoms with van der Waals surface area (Å²) in [6.45, 7) is 6.21. The van der Waals surface area contributed by atoms with Gasteiger partial charge in [-0.3, -0.25) is 0 Å². The molecule has 18 heavy (non-hydrogen) atoms. The van der Waals surface area contributed by atoms with E-state index >= 15 is 0 Å². The topological polar surface area (TPSA) is 26.0 Å². The molecule has 0 saturated heterocycles. The number of hydrogen-bond acceptors (Lipinski definition) is 2. The van der Waals surface area contributed by atoms with Gasteiger partial charge in [0.05, 0.1) is 0 Å². The second-order valence-corrected chi connectivity index (χ2v) is 6.05. The predicted octanol–water partition coefficient (Wildman–Crippen LogP) is 4.52. The van der Waals surface area contributed by atoms with E-state index in [-0.39, 0.29) is 11.9 Å². The van der Waals surface area contributed by atoms with Crippen LogP contribution in [-0.2, 0) is 0 Å². The molecule has 0 fully saturated rings. The molecule has 1 heterocycles. The maximum atomic E-state index is 13.3. The highest BCUT2D eigenvalue weighted by atomic mass is 32.1. The first-order chi connectivity index (χ1) is 8.49. The number of nitrogens with two attached hydrogens (primary N) is 1. The summed E-state index contributed by atoms with van der Waals surface area (Å²) in [4.78, 5) is 2.24. The van der Waals surface area contributed by atoms with Crippen LogP contribution in [0.25, 0.3) is 10.4 Å². The normalized spacial score (nSPS) is 13.0. The fraction of sp³-hybridized carbons (Fsp3) is 0.333. The van der Waals surface area contributed by atoms with Crippen molar-refractivity contribution >= 4 is 11.3 Å². The molecule has 96 valence electrons. The molecule has 2 aromatic rings. The van der Waals surface area contributed by atoms with Gasteiger partial charge in [-0.05, 0) is 48.2 Å². The minimum atomic E-state index is -0.196. The number of benzene rings is 1. The predicted molar refractivity (Wildman–Crippen MR) is 76.2 cm³/mol.